The van der Waals surface area contributed by atoms with Crippen LogP contribution in [-0.2, 0) is 17.3 Å². The van der Waals surface area contributed by atoms with E-state index >= 15 is 0 Å². The normalized spacial score (nSPS) is 13.9. The van der Waals surface area contributed by atoms with Crippen LogP contribution in [0.3, 0.4) is 0 Å². The lowest BCUT2D eigenvalue weighted by Gasteiger charge is -2.18. The monoisotopic (exact) mass is 309 g/mol. The van der Waals surface area contributed by atoms with E-state index in [4.69, 9.17) is 0 Å². The number of guanidine groups is 1. The second-order valence-corrected chi connectivity index (χ2v) is 8.32. The third-order valence-corrected chi connectivity index (χ3v) is 5.01. The van der Waals surface area contributed by atoms with Gasteiger partial charge in [-0.3, -0.25) is 9.20 Å². The second kappa shape index (κ2) is 8.17. The Hall–Kier alpha value is -1.36. The Balaban J connectivity index is 2.36. The molecular weight excluding hydrogens is 282 g/mol. The maximum atomic E-state index is 12.0. The van der Waals surface area contributed by atoms with Crippen LogP contribution in [0.25, 0.3) is 0 Å². The van der Waals surface area contributed by atoms with Crippen LogP contribution in [0.1, 0.15) is 31.9 Å². The van der Waals surface area contributed by atoms with Crippen molar-refractivity contribution in [1.29, 1.82) is 0 Å². The van der Waals surface area contributed by atoms with Crippen molar-refractivity contribution in [1.82, 2.24) is 10.6 Å². The lowest BCUT2D eigenvalue weighted by molar-refractivity contribution is 0.647. The molecule has 0 aromatic heterocycles. The van der Waals surface area contributed by atoms with Gasteiger partial charge in [-0.25, -0.2) is 0 Å². The minimum atomic E-state index is -0.844. The van der Waals surface area contributed by atoms with E-state index in [1.807, 2.05) is 20.8 Å². The third-order valence-electron chi connectivity index (χ3n) is 3.07. The number of nitrogens with one attached hydrogen (secondary N) is 2. The summed E-state index contributed by atoms with van der Waals surface area (Å²) in [5.41, 5.74) is 2.47. The number of hydrogen-bond donors (Lipinski definition) is 2. The largest absolute Gasteiger partial charge is 0.355 e. The molecule has 0 saturated heterocycles. The van der Waals surface area contributed by atoms with Crippen LogP contribution in [0.15, 0.2) is 29.3 Å². The summed E-state index contributed by atoms with van der Waals surface area (Å²) >= 11 is 0. The van der Waals surface area contributed by atoms with Gasteiger partial charge in [0, 0.05) is 41.4 Å². The fraction of sp³-hybridized carbons (Fsp3) is 0.562. The molecule has 21 heavy (non-hydrogen) atoms. The molecule has 0 aliphatic carbocycles. The van der Waals surface area contributed by atoms with Gasteiger partial charge in [-0.15, -0.1) is 0 Å². The maximum absolute atomic E-state index is 12.0. The smallest absolute Gasteiger partial charge is 0.191 e. The summed E-state index contributed by atoms with van der Waals surface area (Å²) in [5, 5.41) is 6.46. The molecule has 1 atom stereocenters. The van der Waals surface area contributed by atoms with E-state index in [-0.39, 0.29) is 4.75 Å². The van der Waals surface area contributed by atoms with E-state index in [0.717, 1.165) is 12.5 Å². The van der Waals surface area contributed by atoms with Crippen molar-refractivity contribution in [2.24, 2.45) is 4.99 Å². The minimum Gasteiger partial charge on any atom is -0.355 e. The SMILES string of the molecule is CN=C(NCCS(=O)C(C)(C)C)NCc1ccc(C)cc1. The number of rotatable bonds is 5. The topological polar surface area (TPSA) is 53.5 Å². The molecule has 4 nitrogen and oxygen atoms in total. The van der Waals surface area contributed by atoms with Gasteiger partial charge < -0.3 is 10.6 Å². The number of aryl methyl sites for hydroxylation is 1. The van der Waals surface area contributed by atoms with Crippen molar-refractivity contribution < 1.29 is 4.21 Å². The molecule has 118 valence electrons. The van der Waals surface area contributed by atoms with E-state index in [0.29, 0.717) is 12.3 Å². The van der Waals surface area contributed by atoms with Crippen molar-refractivity contribution >= 4 is 16.8 Å². The molecule has 1 aromatic carbocycles. The Labute approximate surface area is 130 Å². The molecule has 0 heterocycles. The summed E-state index contributed by atoms with van der Waals surface area (Å²) < 4.78 is 11.8. The predicted octanol–water partition coefficient (Wildman–Crippen LogP) is 2.21. The first-order valence-corrected chi connectivity index (χ1v) is 8.53. The van der Waals surface area contributed by atoms with Crippen molar-refractivity contribution in [2.75, 3.05) is 19.3 Å². The maximum Gasteiger partial charge on any atom is 0.191 e. The number of benzene rings is 1. The van der Waals surface area contributed by atoms with Gasteiger partial charge >= 0.3 is 0 Å². The molecule has 0 amide bonds. The van der Waals surface area contributed by atoms with Crippen molar-refractivity contribution in [3.63, 3.8) is 0 Å². The lowest BCUT2D eigenvalue weighted by Crippen LogP contribution is -2.40. The molecule has 0 fully saturated rings. The van der Waals surface area contributed by atoms with Gasteiger partial charge in [0.1, 0.15) is 0 Å². The Bertz CT molecular complexity index is 489. The van der Waals surface area contributed by atoms with E-state index in [2.05, 4.69) is 46.8 Å². The van der Waals surface area contributed by atoms with Gasteiger partial charge in [0.05, 0.1) is 0 Å². The van der Waals surface area contributed by atoms with Crippen molar-refractivity contribution in [3.8, 4) is 0 Å². The average Bonchev–Trinajstić information content (AvgIpc) is 2.43. The van der Waals surface area contributed by atoms with E-state index in [1.54, 1.807) is 7.05 Å². The Morgan fingerprint density at radius 2 is 1.81 bits per heavy atom. The zero-order valence-electron chi connectivity index (χ0n) is 13.7. The molecule has 0 aliphatic rings. The fourth-order valence-corrected chi connectivity index (χ4v) is 2.58. The summed E-state index contributed by atoms with van der Waals surface area (Å²) in [6, 6.07) is 8.40. The van der Waals surface area contributed by atoms with Crippen molar-refractivity contribution in [2.45, 2.75) is 39.0 Å². The predicted molar refractivity (Wildman–Crippen MR) is 92.1 cm³/mol. The molecule has 0 spiro atoms. The van der Waals surface area contributed by atoms with Gasteiger partial charge in [0.2, 0.25) is 0 Å². The molecule has 5 heteroatoms. The van der Waals surface area contributed by atoms with Gasteiger partial charge in [0.15, 0.2) is 5.96 Å². The van der Waals surface area contributed by atoms with Gasteiger partial charge in [-0.2, -0.15) is 0 Å². The molecular formula is C16H27N3OS. The molecule has 1 unspecified atom stereocenters. The van der Waals surface area contributed by atoms with Crippen LogP contribution in [0, 0.1) is 6.92 Å². The summed E-state index contributed by atoms with van der Waals surface area (Å²) in [6.07, 6.45) is 0. The highest BCUT2D eigenvalue weighted by molar-refractivity contribution is 7.86. The highest BCUT2D eigenvalue weighted by Gasteiger charge is 2.18. The van der Waals surface area contributed by atoms with Gasteiger partial charge in [-0.1, -0.05) is 29.8 Å². The fourth-order valence-electron chi connectivity index (χ4n) is 1.68. The lowest BCUT2D eigenvalue weighted by atomic mass is 10.1. The third kappa shape index (κ3) is 6.76. The first-order chi connectivity index (χ1) is 9.82. The summed E-state index contributed by atoms with van der Waals surface area (Å²) in [4.78, 5) is 4.18. The van der Waals surface area contributed by atoms with Crippen molar-refractivity contribution in [3.05, 3.63) is 35.4 Å². The first kappa shape index (κ1) is 17.7. The van der Waals surface area contributed by atoms with E-state index in [9.17, 15) is 4.21 Å². The molecule has 2 N–H and O–H groups in total. The Morgan fingerprint density at radius 1 is 1.19 bits per heavy atom. The Morgan fingerprint density at radius 3 is 2.33 bits per heavy atom. The van der Waals surface area contributed by atoms with Crippen LogP contribution in [0.4, 0.5) is 0 Å². The molecule has 1 rings (SSSR count). The minimum absolute atomic E-state index is 0.166. The summed E-state index contributed by atoms with van der Waals surface area (Å²) in [6.45, 7) is 9.43. The Kier molecular flexibility index (Phi) is 6.89. The van der Waals surface area contributed by atoms with E-state index < -0.39 is 10.8 Å². The van der Waals surface area contributed by atoms with Crippen LogP contribution in [0.2, 0.25) is 0 Å². The highest BCUT2D eigenvalue weighted by atomic mass is 32.2. The van der Waals surface area contributed by atoms with E-state index in [1.165, 1.54) is 11.1 Å². The van der Waals surface area contributed by atoms with Crippen LogP contribution in [0.5, 0.6) is 0 Å². The van der Waals surface area contributed by atoms with Gasteiger partial charge in [-0.05, 0) is 33.3 Å². The number of nitrogens with zero attached hydrogens (tertiary/aromatic N) is 1. The molecule has 0 aliphatic heterocycles. The summed E-state index contributed by atoms with van der Waals surface area (Å²) in [7, 11) is 0.898. The first-order valence-electron chi connectivity index (χ1n) is 7.21. The van der Waals surface area contributed by atoms with Crippen LogP contribution in [-0.4, -0.2) is 34.3 Å². The zero-order chi connectivity index (χ0) is 15.9. The zero-order valence-corrected chi connectivity index (χ0v) is 14.5. The second-order valence-electron chi connectivity index (χ2n) is 6.00. The molecule has 0 bridgehead atoms. The number of aliphatic imine (C=N–C) groups is 1. The van der Waals surface area contributed by atoms with Crippen LogP contribution >= 0.6 is 0 Å². The quantitative estimate of drug-likeness (QED) is 0.648. The summed E-state index contributed by atoms with van der Waals surface area (Å²) in [5.74, 6) is 1.36. The average molecular weight is 309 g/mol. The molecule has 0 saturated carbocycles. The number of hydrogen-bond acceptors (Lipinski definition) is 2. The van der Waals surface area contributed by atoms with Crippen LogP contribution < -0.4 is 10.6 Å². The van der Waals surface area contributed by atoms with Gasteiger partial charge in [0.25, 0.3) is 0 Å². The molecule has 0 radical (unpaired) electrons. The highest BCUT2D eigenvalue weighted by Crippen LogP contribution is 2.10. The standard InChI is InChI=1S/C16H27N3OS/c1-13-6-8-14(9-7-13)12-19-15(17-5)18-10-11-21(20)16(2,3)4/h6-9H,10-12H2,1-5H3,(H2,17,18,19). The molecule has 1 aromatic rings.